The van der Waals surface area contributed by atoms with Crippen molar-refractivity contribution >= 4 is 17.3 Å². The van der Waals surface area contributed by atoms with Crippen LogP contribution in [0.2, 0.25) is 5.02 Å². The van der Waals surface area contributed by atoms with Crippen molar-refractivity contribution in [1.82, 2.24) is 0 Å². The van der Waals surface area contributed by atoms with E-state index >= 15 is 0 Å². The van der Waals surface area contributed by atoms with Gasteiger partial charge < -0.3 is 14.2 Å². The number of nitro benzene ring substituents is 1. The molecule has 1 fully saturated rings. The number of halogens is 1. The van der Waals surface area contributed by atoms with Crippen LogP contribution < -0.4 is 4.74 Å². The lowest BCUT2D eigenvalue weighted by atomic mass is 9.69. The molecule has 1 atom stereocenters. The van der Waals surface area contributed by atoms with E-state index in [1.807, 2.05) is 58.9 Å². The zero-order chi connectivity index (χ0) is 23.3. The molecule has 2 aliphatic rings. The molecule has 0 radical (unpaired) electrons. The lowest BCUT2D eigenvalue weighted by Crippen LogP contribution is -2.48. The maximum Gasteiger partial charge on any atom is 0.311 e. The first-order valence-corrected chi connectivity index (χ1v) is 11.4. The highest BCUT2D eigenvalue weighted by Gasteiger charge is 2.58. The molecule has 0 amide bonds. The van der Waals surface area contributed by atoms with Crippen molar-refractivity contribution in [2.45, 2.75) is 76.8 Å². The molecule has 4 rings (SSSR count). The third-order valence-corrected chi connectivity index (χ3v) is 7.41. The Kier molecular flexibility index (Phi) is 5.76. The normalized spacial score (nSPS) is 24.2. The van der Waals surface area contributed by atoms with Gasteiger partial charge in [0.15, 0.2) is 12.0 Å². The van der Waals surface area contributed by atoms with Crippen molar-refractivity contribution in [3.8, 4) is 5.75 Å². The number of hydrogen-bond donors (Lipinski definition) is 0. The molecule has 1 heterocycles. The number of fused-ring (bicyclic) bond motifs is 1. The van der Waals surface area contributed by atoms with Crippen LogP contribution in [0.4, 0.5) is 5.69 Å². The van der Waals surface area contributed by atoms with E-state index in [-0.39, 0.29) is 18.0 Å². The Balaban J connectivity index is 1.77. The molecule has 0 aromatic heterocycles. The zero-order valence-corrected chi connectivity index (χ0v) is 20.0. The van der Waals surface area contributed by atoms with Crippen LogP contribution in [0.15, 0.2) is 36.4 Å². The molecule has 0 unspecified atom stereocenters. The lowest BCUT2D eigenvalue weighted by Gasteiger charge is -2.42. The molecule has 0 saturated carbocycles. The Morgan fingerprint density at radius 3 is 2.47 bits per heavy atom. The minimum atomic E-state index is -0.623. The smallest absolute Gasteiger partial charge is 0.311 e. The minimum absolute atomic E-state index is 0.0405. The number of aryl methyl sites for hydroxylation is 2. The fourth-order valence-corrected chi connectivity index (χ4v) is 4.81. The fraction of sp³-hybridized carbons (Fsp3) is 0.520. The summed E-state index contributed by atoms with van der Waals surface area (Å²) in [5.74, 6) is 0.248. The number of rotatable bonds is 5. The van der Waals surface area contributed by atoms with Crippen molar-refractivity contribution in [3.63, 3.8) is 0 Å². The topological polar surface area (TPSA) is 70.8 Å². The molecule has 0 bridgehead atoms. The van der Waals surface area contributed by atoms with Gasteiger partial charge >= 0.3 is 5.69 Å². The van der Waals surface area contributed by atoms with E-state index in [0.717, 1.165) is 36.0 Å². The van der Waals surface area contributed by atoms with Crippen molar-refractivity contribution < 1.29 is 19.1 Å². The molecular weight excluding hydrogens is 430 g/mol. The van der Waals surface area contributed by atoms with Gasteiger partial charge in [-0.1, -0.05) is 23.7 Å². The van der Waals surface area contributed by atoms with Gasteiger partial charge in [-0.25, -0.2) is 0 Å². The first-order chi connectivity index (χ1) is 14.9. The van der Waals surface area contributed by atoms with Gasteiger partial charge in [-0.2, -0.15) is 0 Å². The predicted octanol–water partition coefficient (Wildman–Crippen LogP) is 6.14. The van der Waals surface area contributed by atoms with Gasteiger partial charge in [-0.05, 0) is 88.8 Å². The van der Waals surface area contributed by atoms with E-state index in [0.29, 0.717) is 5.02 Å². The highest BCUT2D eigenvalue weighted by Crippen LogP contribution is 2.50. The molecule has 1 saturated heterocycles. The van der Waals surface area contributed by atoms with Crippen molar-refractivity contribution in [2.24, 2.45) is 0 Å². The Hall–Kier alpha value is -2.15. The average molecular weight is 460 g/mol. The summed E-state index contributed by atoms with van der Waals surface area (Å²) in [7, 11) is 0. The van der Waals surface area contributed by atoms with Gasteiger partial charge in [-0.15, -0.1) is 0 Å². The van der Waals surface area contributed by atoms with E-state index in [4.69, 9.17) is 25.8 Å². The number of benzene rings is 2. The van der Waals surface area contributed by atoms with Gasteiger partial charge in [0.05, 0.1) is 21.5 Å². The van der Waals surface area contributed by atoms with E-state index in [1.165, 1.54) is 6.07 Å². The van der Waals surface area contributed by atoms with E-state index in [2.05, 4.69) is 0 Å². The molecule has 1 aliphatic heterocycles. The van der Waals surface area contributed by atoms with Crippen LogP contribution in [0.3, 0.4) is 0 Å². The second-order valence-corrected chi connectivity index (χ2v) is 10.4. The van der Waals surface area contributed by atoms with Crippen LogP contribution in [0.25, 0.3) is 0 Å². The molecule has 7 heteroatoms. The quantitative estimate of drug-likeness (QED) is 0.396. The largest absolute Gasteiger partial charge is 0.486 e. The van der Waals surface area contributed by atoms with Crippen LogP contribution >= 0.6 is 11.6 Å². The summed E-state index contributed by atoms with van der Waals surface area (Å²) < 4.78 is 19.2. The number of nitrogens with zero attached hydrogens (tertiary/aromatic N) is 1. The van der Waals surface area contributed by atoms with Gasteiger partial charge in [0.25, 0.3) is 0 Å². The summed E-state index contributed by atoms with van der Waals surface area (Å²) >= 11 is 6.29. The number of ether oxygens (including phenoxy) is 3. The maximum absolute atomic E-state index is 11.6. The predicted molar refractivity (Wildman–Crippen MR) is 124 cm³/mol. The van der Waals surface area contributed by atoms with Crippen molar-refractivity contribution in [3.05, 3.63) is 68.2 Å². The monoisotopic (exact) mass is 459 g/mol. The molecule has 32 heavy (non-hydrogen) atoms. The average Bonchev–Trinajstić information content (AvgIpc) is 2.94. The third kappa shape index (κ3) is 3.89. The van der Waals surface area contributed by atoms with Crippen molar-refractivity contribution in [2.75, 3.05) is 6.61 Å². The summed E-state index contributed by atoms with van der Waals surface area (Å²) in [4.78, 5) is 11.2. The fourth-order valence-electron chi connectivity index (χ4n) is 4.61. The standard InChI is InChI=1S/C25H30ClNO5/c1-16-8-11-21(20(13-16)27(28)29)30-15-25(22-31-23(2,3)24(4,5)32-22)12-6-7-17-14-18(26)9-10-19(17)25/h8-11,13-14,22H,6-7,12,15H2,1-5H3/t25-/m0/s1. The van der Waals surface area contributed by atoms with E-state index in [9.17, 15) is 10.1 Å². The highest BCUT2D eigenvalue weighted by atomic mass is 35.5. The minimum Gasteiger partial charge on any atom is -0.486 e. The third-order valence-electron chi connectivity index (χ3n) is 7.17. The summed E-state index contributed by atoms with van der Waals surface area (Å²) in [5, 5.41) is 12.3. The van der Waals surface area contributed by atoms with Gasteiger partial charge in [0.2, 0.25) is 0 Å². The molecule has 1 aliphatic carbocycles. The molecule has 0 N–H and O–H groups in total. The Morgan fingerprint density at radius 1 is 1.12 bits per heavy atom. The highest BCUT2D eigenvalue weighted by molar-refractivity contribution is 6.30. The van der Waals surface area contributed by atoms with Crippen LogP contribution in [0.1, 0.15) is 57.2 Å². The van der Waals surface area contributed by atoms with Crippen LogP contribution in [0.5, 0.6) is 5.75 Å². The molecule has 0 spiro atoms. The SMILES string of the molecule is Cc1ccc(OC[C@@]2(C3OC(C)(C)C(C)(C)O3)CCCc3cc(Cl)ccc32)c([N+](=O)[O-])c1. The number of hydrogen-bond acceptors (Lipinski definition) is 5. The summed E-state index contributed by atoms with van der Waals surface area (Å²) in [5.41, 5.74) is 1.34. The Labute approximate surface area is 194 Å². The van der Waals surface area contributed by atoms with E-state index < -0.39 is 27.8 Å². The second kappa shape index (κ2) is 8.01. The van der Waals surface area contributed by atoms with Crippen molar-refractivity contribution in [1.29, 1.82) is 0 Å². The molecule has 2 aromatic rings. The lowest BCUT2D eigenvalue weighted by molar-refractivity contribution is -0.386. The Morgan fingerprint density at radius 2 is 1.81 bits per heavy atom. The summed E-state index contributed by atoms with van der Waals surface area (Å²) in [6.45, 7) is 10.1. The molecule has 2 aromatic carbocycles. The second-order valence-electron chi connectivity index (χ2n) is 9.92. The summed E-state index contributed by atoms with van der Waals surface area (Å²) in [6.07, 6.45) is 2.04. The molecule has 172 valence electrons. The first-order valence-electron chi connectivity index (χ1n) is 11.0. The maximum atomic E-state index is 11.6. The number of nitro groups is 1. The Bertz CT molecular complexity index is 1030. The first kappa shape index (κ1) is 23.0. The van der Waals surface area contributed by atoms with Crippen LogP contribution in [-0.2, 0) is 21.3 Å². The van der Waals surface area contributed by atoms with Crippen LogP contribution in [-0.4, -0.2) is 29.0 Å². The van der Waals surface area contributed by atoms with Gasteiger partial charge in [0, 0.05) is 11.1 Å². The molecular formula is C25H30ClNO5. The van der Waals surface area contributed by atoms with E-state index in [1.54, 1.807) is 6.07 Å². The van der Waals surface area contributed by atoms with Crippen LogP contribution in [0, 0.1) is 17.0 Å². The summed E-state index contributed by atoms with van der Waals surface area (Å²) in [6, 6.07) is 10.9. The zero-order valence-electron chi connectivity index (χ0n) is 19.2. The van der Waals surface area contributed by atoms with Gasteiger partial charge in [0.1, 0.15) is 6.61 Å². The van der Waals surface area contributed by atoms with Gasteiger partial charge in [-0.3, -0.25) is 10.1 Å². The molecule has 6 nitrogen and oxygen atoms in total.